The minimum absolute atomic E-state index is 0.0480. The standard InChI is InChI=1S/C24H29N9O/c1-14-10-27-24(29-20-9-15(2)32(3)31-20)30-22(14)18-11-26-23-17(18)5-4-6-19(23)28-21(34)13-33-8-7-16(25)12-33/h4-6,9-11,16,26H,7-8,12-13,25H2,1-3H3,(H,28,34)(H,27,29,30,31)/t16-/m0/s1. The van der Waals surface area contributed by atoms with Gasteiger partial charge in [-0.15, -0.1) is 0 Å². The van der Waals surface area contributed by atoms with Gasteiger partial charge in [0.25, 0.3) is 0 Å². The lowest BCUT2D eigenvalue weighted by Gasteiger charge is -2.15. The molecule has 0 spiro atoms. The zero-order valence-corrected chi connectivity index (χ0v) is 19.6. The third-order valence-corrected chi connectivity index (χ3v) is 6.25. The first-order chi connectivity index (χ1) is 16.4. The number of amides is 1. The van der Waals surface area contributed by atoms with Crippen molar-refractivity contribution in [1.82, 2.24) is 29.6 Å². The van der Waals surface area contributed by atoms with E-state index in [-0.39, 0.29) is 11.9 Å². The van der Waals surface area contributed by atoms with Gasteiger partial charge >= 0.3 is 0 Å². The average molecular weight is 460 g/mol. The molecule has 1 atom stereocenters. The monoisotopic (exact) mass is 459 g/mol. The molecule has 4 aromatic rings. The molecule has 0 bridgehead atoms. The van der Waals surface area contributed by atoms with Gasteiger partial charge in [-0.05, 0) is 31.9 Å². The van der Waals surface area contributed by atoms with E-state index in [1.807, 2.05) is 51.4 Å². The SMILES string of the molecule is Cc1cnc(Nc2cc(C)n(C)n2)nc1-c1c[nH]c2c(NC(=O)CN3CC[C@H](N)C3)cccc12. The van der Waals surface area contributed by atoms with Gasteiger partial charge in [-0.2, -0.15) is 5.10 Å². The van der Waals surface area contributed by atoms with Crippen LogP contribution < -0.4 is 16.4 Å². The van der Waals surface area contributed by atoms with Crippen LogP contribution in [0.25, 0.3) is 22.2 Å². The first-order valence-corrected chi connectivity index (χ1v) is 11.4. The third kappa shape index (κ3) is 4.37. The number of fused-ring (bicyclic) bond motifs is 1. The summed E-state index contributed by atoms with van der Waals surface area (Å²) in [4.78, 5) is 27.2. The Bertz CT molecular complexity index is 1340. The van der Waals surface area contributed by atoms with Crippen LogP contribution in [0.15, 0.2) is 36.7 Å². The number of nitrogens with one attached hydrogen (secondary N) is 3. The fourth-order valence-corrected chi connectivity index (χ4v) is 4.36. The van der Waals surface area contributed by atoms with E-state index in [0.29, 0.717) is 18.3 Å². The van der Waals surface area contributed by atoms with Gasteiger partial charge < -0.3 is 21.4 Å². The zero-order valence-electron chi connectivity index (χ0n) is 19.6. The maximum atomic E-state index is 12.6. The number of para-hydroxylation sites is 1. The van der Waals surface area contributed by atoms with Crippen molar-refractivity contribution in [2.45, 2.75) is 26.3 Å². The molecule has 1 fully saturated rings. The Morgan fingerprint density at radius 2 is 2.18 bits per heavy atom. The van der Waals surface area contributed by atoms with Crippen molar-refractivity contribution in [2.24, 2.45) is 12.8 Å². The second-order valence-electron chi connectivity index (χ2n) is 8.91. The van der Waals surface area contributed by atoms with Gasteiger partial charge in [0.15, 0.2) is 5.82 Å². The molecule has 1 aliphatic heterocycles. The molecule has 4 heterocycles. The molecule has 1 aliphatic rings. The van der Waals surface area contributed by atoms with Gasteiger partial charge in [0.2, 0.25) is 11.9 Å². The first kappa shape index (κ1) is 22.1. The average Bonchev–Trinajstić information content (AvgIpc) is 3.49. The molecule has 0 radical (unpaired) electrons. The number of benzene rings is 1. The Hall–Kier alpha value is -3.76. The van der Waals surface area contributed by atoms with E-state index in [1.165, 1.54) is 0 Å². The molecule has 34 heavy (non-hydrogen) atoms. The molecule has 10 heteroatoms. The van der Waals surface area contributed by atoms with Crippen molar-refractivity contribution in [3.63, 3.8) is 0 Å². The highest BCUT2D eigenvalue weighted by Gasteiger charge is 2.21. The normalized spacial score (nSPS) is 16.3. The molecule has 0 unspecified atom stereocenters. The predicted octanol–water partition coefficient (Wildman–Crippen LogP) is 2.69. The van der Waals surface area contributed by atoms with Crippen LogP contribution in [0.2, 0.25) is 0 Å². The molecular formula is C24H29N9O. The highest BCUT2D eigenvalue weighted by molar-refractivity contribution is 6.06. The Morgan fingerprint density at radius 3 is 2.91 bits per heavy atom. The summed E-state index contributed by atoms with van der Waals surface area (Å²) in [6.07, 6.45) is 4.65. The number of rotatable bonds is 6. The lowest BCUT2D eigenvalue weighted by molar-refractivity contribution is -0.117. The van der Waals surface area contributed by atoms with Gasteiger partial charge in [0, 0.05) is 61.3 Å². The van der Waals surface area contributed by atoms with Gasteiger partial charge in [-0.1, -0.05) is 12.1 Å². The van der Waals surface area contributed by atoms with Gasteiger partial charge in [-0.3, -0.25) is 14.4 Å². The van der Waals surface area contributed by atoms with Crippen LogP contribution in [0.5, 0.6) is 0 Å². The quantitative estimate of drug-likeness (QED) is 0.349. The minimum atomic E-state index is -0.0480. The topological polar surface area (TPSA) is 130 Å². The molecule has 3 aromatic heterocycles. The number of carbonyl (C=O) groups is 1. The number of likely N-dealkylation sites (tertiary alicyclic amines) is 1. The maximum Gasteiger partial charge on any atom is 0.238 e. The lowest BCUT2D eigenvalue weighted by Crippen LogP contribution is -2.33. The lowest BCUT2D eigenvalue weighted by atomic mass is 10.1. The fraction of sp³-hybridized carbons (Fsp3) is 0.333. The number of aryl methyl sites for hydroxylation is 3. The van der Waals surface area contributed by atoms with Gasteiger partial charge in [0.1, 0.15) is 0 Å². The molecule has 10 nitrogen and oxygen atoms in total. The van der Waals surface area contributed by atoms with Crippen LogP contribution >= 0.6 is 0 Å². The summed E-state index contributed by atoms with van der Waals surface area (Å²) in [5.74, 6) is 1.12. The summed E-state index contributed by atoms with van der Waals surface area (Å²) in [7, 11) is 1.89. The third-order valence-electron chi connectivity index (χ3n) is 6.25. The molecule has 5 N–H and O–H groups in total. The van der Waals surface area contributed by atoms with E-state index in [4.69, 9.17) is 10.7 Å². The summed E-state index contributed by atoms with van der Waals surface area (Å²) in [5, 5.41) is 11.6. The van der Waals surface area contributed by atoms with Crippen molar-refractivity contribution in [3.8, 4) is 11.3 Å². The Morgan fingerprint density at radius 1 is 1.32 bits per heavy atom. The molecule has 0 aliphatic carbocycles. The predicted molar refractivity (Wildman–Crippen MR) is 133 cm³/mol. The second-order valence-corrected chi connectivity index (χ2v) is 8.91. The number of hydrogen-bond donors (Lipinski definition) is 4. The first-order valence-electron chi connectivity index (χ1n) is 11.4. The maximum absolute atomic E-state index is 12.6. The number of anilines is 3. The summed E-state index contributed by atoms with van der Waals surface area (Å²) in [6, 6.07) is 7.96. The van der Waals surface area contributed by atoms with Crippen molar-refractivity contribution < 1.29 is 4.79 Å². The van der Waals surface area contributed by atoms with E-state index in [9.17, 15) is 4.79 Å². The highest BCUT2D eigenvalue weighted by atomic mass is 16.2. The minimum Gasteiger partial charge on any atom is -0.359 e. The van der Waals surface area contributed by atoms with Crippen LogP contribution in [0.4, 0.5) is 17.5 Å². The number of H-pyrrole nitrogens is 1. The molecule has 176 valence electrons. The fourth-order valence-electron chi connectivity index (χ4n) is 4.36. The van der Waals surface area contributed by atoms with Crippen molar-refractivity contribution in [3.05, 3.63) is 47.9 Å². The Kier molecular flexibility index (Phi) is 5.76. The number of nitrogens with two attached hydrogens (primary N) is 1. The molecule has 1 aromatic carbocycles. The van der Waals surface area contributed by atoms with E-state index >= 15 is 0 Å². The summed E-state index contributed by atoms with van der Waals surface area (Å²) >= 11 is 0. The Labute approximate surface area is 197 Å². The zero-order chi connectivity index (χ0) is 23.8. The van der Waals surface area contributed by atoms with E-state index in [2.05, 4.69) is 30.6 Å². The van der Waals surface area contributed by atoms with Crippen LogP contribution in [0.3, 0.4) is 0 Å². The Balaban J connectivity index is 1.40. The van der Waals surface area contributed by atoms with Crippen LogP contribution in [-0.4, -0.2) is 61.2 Å². The smallest absolute Gasteiger partial charge is 0.238 e. The number of nitrogens with zero attached hydrogens (tertiary/aromatic N) is 5. The molecule has 0 saturated carbocycles. The molecular weight excluding hydrogens is 430 g/mol. The van der Waals surface area contributed by atoms with E-state index in [0.717, 1.165) is 58.6 Å². The van der Waals surface area contributed by atoms with Gasteiger partial charge in [0.05, 0.1) is 23.4 Å². The number of aromatic amines is 1. The summed E-state index contributed by atoms with van der Waals surface area (Å²) < 4.78 is 1.80. The largest absolute Gasteiger partial charge is 0.359 e. The van der Waals surface area contributed by atoms with Crippen LogP contribution in [0, 0.1) is 13.8 Å². The molecule has 1 saturated heterocycles. The van der Waals surface area contributed by atoms with Crippen molar-refractivity contribution in [2.75, 3.05) is 30.3 Å². The molecule has 5 rings (SSSR count). The highest BCUT2D eigenvalue weighted by Crippen LogP contribution is 2.33. The number of aromatic nitrogens is 5. The van der Waals surface area contributed by atoms with E-state index in [1.54, 1.807) is 10.9 Å². The molecule has 1 amide bonds. The van der Waals surface area contributed by atoms with Crippen molar-refractivity contribution >= 4 is 34.3 Å². The number of carbonyl (C=O) groups excluding carboxylic acids is 1. The summed E-state index contributed by atoms with van der Waals surface area (Å²) in [6.45, 7) is 5.92. The van der Waals surface area contributed by atoms with Crippen LogP contribution in [0.1, 0.15) is 17.7 Å². The van der Waals surface area contributed by atoms with Gasteiger partial charge in [-0.25, -0.2) is 9.97 Å². The van der Waals surface area contributed by atoms with Crippen LogP contribution in [-0.2, 0) is 11.8 Å². The second kappa shape index (κ2) is 8.88. The number of hydrogen-bond acceptors (Lipinski definition) is 7. The van der Waals surface area contributed by atoms with Crippen molar-refractivity contribution in [1.29, 1.82) is 0 Å². The van der Waals surface area contributed by atoms with E-state index < -0.39 is 0 Å². The summed E-state index contributed by atoms with van der Waals surface area (Å²) in [5.41, 5.74) is 11.3.